The molecule has 11 heteroatoms. The molecule has 1 amide bonds. The Labute approximate surface area is 201 Å². The van der Waals surface area contributed by atoms with Crippen LogP contribution < -0.4 is 15.5 Å². The van der Waals surface area contributed by atoms with E-state index in [-0.39, 0.29) is 12.5 Å². The minimum atomic E-state index is -0.267. The van der Waals surface area contributed by atoms with E-state index in [4.69, 9.17) is 16.7 Å². The molecule has 1 aromatic carbocycles. The van der Waals surface area contributed by atoms with Crippen molar-refractivity contribution in [1.82, 2.24) is 19.9 Å². The van der Waals surface area contributed by atoms with Gasteiger partial charge in [0, 0.05) is 38.8 Å². The predicted molar refractivity (Wildman–Crippen MR) is 132 cm³/mol. The van der Waals surface area contributed by atoms with E-state index in [1.54, 1.807) is 6.07 Å². The summed E-state index contributed by atoms with van der Waals surface area (Å²) in [6.07, 6.45) is 1.53. The van der Waals surface area contributed by atoms with Gasteiger partial charge in [0.25, 0.3) is 5.91 Å². The summed E-state index contributed by atoms with van der Waals surface area (Å²) >= 11 is 7.46. The zero-order chi connectivity index (χ0) is 23.4. The second kappa shape index (κ2) is 10.4. The van der Waals surface area contributed by atoms with E-state index in [1.807, 2.05) is 32.0 Å². The van der Waals surface area contributed by atoms with Crippen molar-refractivity contribution in [2.24, 2.45) is 0 Å². The lowest BCUT2D eigenvalue weighted by molar-refractivity contribution is 0.103. The van der Waals surface area contributed by atoms with Crippen LogP contribution in [0.3, 0.4) is 0 Å². The summed E-state index contributed by atoms with van der Waals surface area (Å²) in [5.41, 5.74) is 1.49. The number of para-hydroxylation sites is 1. The van der Waals surface area contributed by atoms with Crippen LogP contribution in [0.25, 0.3) is 0 Å². The van der Waals surface area contributed by atoms with E-state index < -0.39 is 0 Å². The Morgan fingerprint density at radius 3 is 2.73 bits per heavy atom. The van der Waals surface area contributed by atoms with Gasteiger partial charge in [0.1, 0.15) is 22.3 Å². The summed E-state index contributed by atoms with van der Waals surface area (Å²) < 4.78 is 0. The van der Waals surface area contributed by atoms with Gasteiger partial charge in [-0.3, -0.25) is 9.69 Å². The molecule has 0 saturated carbocycles. The highest BCUT2D eigenvalue weighted by molar-refractivity contribution is 7.17. The number of benzene rings is 1. The van der Waals surface area contributed by atoms with Crippen LogP contribution in [0.2, 0.25) is 5.02 Å². The summed E-state index contributed by atoms with van der Waals surface area (Å²) in [7, 11) is 0. The summed E-state index contributed by atoms with van der Waals surface area (Å²) in [5.74, 6) is 1.85. The number of hydrogen-bond donors (Lipinski definition) is 3. The summed E-state index contributed by atoms with van der Waals surface area (Å²) in [5, 5.41) is 16.2. The number of piperazine rings is 1. The monoisotopic (exact) mass is 493 g/mol. The number of aliphatic hydroxyl groups is 1. The molecule has 0 radical (unpaired) electrons. The van der Waals surface area contributed by atoms with Crippen LogP contribution in [-0.2, 0) is 0 Å². The highest BCUT2D eigenvalue weighted by Gasteiger charge is 2.19. The van der Waals surface area contributed by atoms with E-state index in [1.165, 1.54) is 17.5 Å². The zero-order valence-electron chi connectivity index (χ0n) is 18.5. The van der Waals surface area contributed by atoms with Crippen LogP contribution in [0.1, 0.15) is 21.1 Å². The fourth-order valence-corrected chi connectivity index (χ4v) is 4.62. The van der Waals surface area contributed by atoms with Gasteiger partial charge in [-0.25, -0.2) is 15.0 Å². The number of halogens is 1. The van der Waals surface area contributed by atoms with Crippen LogP contribution >= 0.6 is 22.9 Å². The quantitative estimate of drug-likeness (QED) is 0.430. The maximum atomic E-state index is 12.7. The van der Waals surface area contributed by atoms with E-state index in [9.17, 15) is 4.79 Å². The van der Waals surface area contributed by atoms with Crippen LogP contribution in [0.5, 0.6) is 0 Å². The first-order valence-electron chi connectivity index (χ1n) is 10.7. The second-order valence-electron chi connectivity index (χ2n) is 7.75. The number of β-amino-alcohol motifs (C(OH)–C–C–N with tert-alkyl or cyclic N) is 1. The van der Waals surface area contributed by atoms with Crippen molar-refractivity contribution in [2.75, 3.05) is 54.9 Å². The molecule has 3 N–H and O–H groups in total. The molecule has 2 aromatic heterocycles. The number of aromatic nitrogens is 3. The first-order chi connectivity index (χ1) is 15.9. The number of nitrogens with zero attached hydrogens (tertiary/aromatic N) is 5. The van der Waals surface area contributed by atoms with Crippen molar-refractivity contribution >= 4 is 51.3 Å². The average Bonchev–Trinajstić information content (AvgIpc) is 3.25. The molecule has 0 atom stereocenters. The summed E-state index contributed by atoms with van der Waals surface area (Å²) in [4.78, 5) is 31.0. The third-order valence-electron chi connectivity index (χ3n) is 5.36. The number of amides is 1. The van der Waals surface area contributed by atoms with Crippen molar-refractivity contribution < 1.29 is 9.90 Å². The predicted octanol–water partition coefficient (Wildman–Crippen LogP) is 3.31. The molecule has 33 heavy (non-hydrogen) atoms. The molecule has 1 saturated heterocycles. The van der Waals surface area contributed by atoms with Crippen molar-refractivity contribution in [3.63, 3.8) is 0 Å². The van der Waals surface area contributed by atoms with Gasteiger partial charge >= 0.3 is 0 Å². The number of nitrogens with one attached hydrogen (secondary N) is 2. The first-order valence-corrected chi connectivity index (χ1v) is 11.9. The molecular weight excluding hydrogens is 468 g/mol. The number of aryl methyl sites for hydroxylation is 2. The van der Waals surface area contributed by atoms with Gasteiger partial charge in [-0.15, -0.1) is 0 Å². The standard InChI is InChI=1S/C22H26ClN7O2S/c1-14-4-3-5-16(23)20(14)28-21(32)17-13-24-22(33-17)27-18-12-19(26-15(2)25-18)30-8-6-29(7-9-30)10-11-31/h3-5,12-13,31H,6-11H2,1-2H3,(H,28,32)(H,24,25,26,27)/i12+1,18+1,19+1,22+1,24+1,27+1. The highest BCUT2D eigenvalue weighted by Crippen LogP contribution is 2.28. The summed E-state index contributed by atoms with van der Waals surface area (Å²) in [6, 6.07) is 7.37. The lowest BCUT2D eigenvalue weighted by Gasteiger charge is -2.35. The third kappa shape index (κ3) is 5.77. The molecular formula is C22H26ClN7O2S. The number of anilines is 4. The van der Waals surface area contributed by atoms with Gasteiger partial charge in [0.15, 0.2) is 5.13 Å². The van der Waals surface area contributed by atoms with E-state index in [0.29, 0.717) is 38.9 Å². The van der Waals surface area contributed by atoms with Gasteiger partial charge in [-0.1, -0.05) is 35.1 Å². The maximum Gasteiger partial charge on any atom is 0.267 e. The molecule has 4 rings (SSSR count). The fraction of sp³-hybridized carbons (Fsp3) is 0.364. The van der Waals surface area contributed by atoms with Crippen LogP contribution in [0, 0.1) is 13.8 Å². The zero-order valence-corrected chi connectivity index (χ0v) is 20.1. The molecule has 0 aliphatic carbocycles. The van der Waals surface area contributed by atoms with Crippen LogP contribution in [-0.4, -0.2) is 70.2 Å². The van der Waals surface area contributed by atoms with Gasteiger partial charge in [0.05, 0.1) is 23.5 Å². The van der Waals surface area contributed by atoms with Gasteiger partial charge in [-0.2, -0.15) is 0 Å². The first kappa shape index (κ1) is 23.4. The molecule has 1 fully saturated rings. The SMILES string of the molecule is Cc1n[13c]([15NH][13c]2[15n]cc(C(=O)Nc3c(C)cccc3Cl)s2)[13cH][13c](N2CCN(CCO)CC2)n1. The Kier molecular flexibility index (Phi) is 7.39. The normalized spacial score (nSPS) is 14.4. The topological polar surface area (TPSA) is 107 Å². The van der Waals surface area contributed by atoms with E-state index in [0.717, 1.165) is 37.6 Å². The molecule has 0 bridgehead atoms. The van der Waals surface area contributed by atoms with Crippen molar-refractivity contribution in [3.05, 3.63) is 51.7 Å². The van der Waals surface area contributed by atoms with Gasteiger partial charge < -0.3 is 20.6 Å². The molecule has 0 spiro atoms. The third-order valence-corrected chi connectivity index (χ3v) is 6.59. The van der Waals surface area contributed by atoms with E-state index in [2.05, 4.69) is 35.4 Å². The van der Waals surface area contributed by atoms with Gasteiger partial charge in [-0.05, 0) is 25.5 Å². The minimum absolute atomic E-state index is 0.173. The van der Waals surface area contributed by atoms with Crippen LogP contribution in [0.15, 0.2) is 30.5 Å². The lowest BCUT2D eigenvalue weighted by Crippen LogP contribution is -2.47. The molecule has 1 aliphatic heterocycles. The Morgan fingerprint density at radius 1 is 1.21 bits per heavy atom. The largest absolute Gasteiger partial charge is 0.395 e. The molecule has 174 valence electrons. The number of rotatable bonds is 7. The maximum absolute atomic E-state index is 12.7. The molecule has 3 aromatic rings. The van der Waals surface area contributed by atoms with Crippen molar-refractivity contribution in [1.29, 1.82) is 0 Å². The lowest BCUT2D eigenvalue weighted by atomic mass is 10.2. The molecule has 9 nitrogen and oxygen atoms in total. The van der Waals surface area contributed by atoms with Gasteiger partial charge in [0.2, 0.25) is 0 Å². The summed E-state index contributed by atoms with van der Waals surface area (Å²) in [6.45, 7) is 8.03. The number of hydrogen-bond acceptors (Lipinski definition) is 9. The highest BCUT2D eigenvalue weighted by atomic mass is 35.5. The fourth-order valence-electron chi connectivity index (χ4n) is 3.63. The van der Waals surface area contributed by atoms with E-state index >= 15 is 0 Å². The smallest absolute Gasteiger partial charge is 0.267 e. The average molecular weight is 494 g/mol. The Hall–Kier alpha value is -2.79. The molecule has 1 aliphatic rings. The minimum Gasteiger partial charge on any atom is -0.395 e. The number of aliphatic hydroxyl groups excluding tert-OH is 1. The van der Waals surface area contributed by atoms with Crippen LogP contribution in [0.4, 0.5) is 22.5 Å². The van der Waals surface area contributed by atoms with Crippen molar-refractivity contribution in [2.45, 2.75) is 13.8 Å². The number of thiazole rings is 1. The molecule has 0 unspecified atom stereocenters. The molecule has 3 heterocycles. The Morgan fingerprint density at radius 2 is 2.00 bits per heavy atom. The Balaban J connectivity index is 1.43. The Bertz CT molecular complexity index is 1110. The number of carbonyl (C=O) groups excluding carboxylic acids is 1. The number of carbonyl (C=O) groups is 1. The second-order valence-corrected chi connectivity index (χ2v) is 9.19. The van der Waals surface area contributed by atoms with Crippen molar-refractivity contribution in [3.8, 4) is 0 Å².